The molecule has 0 atom stereocenters. The van der Waals surface area contributed by atoms with Gasteiger partial charge in [-0.15, -0.1) is 0 Å². The van der Waals surface area contributed by atoms with E-state index in [0.717, 1.165) is 17.2 Å². The first-order valence-corrected chi connectivity index (χ1v) is 7.19. The number of ether oxygens (including phenoxy) is 1. The van der Waals surface area contributed by atoms with Gasteiger partial charge in [-0.1, -0.05) is 25.5 Å². The van der Waals surface area contributed by atoms with Crippen LogP contribution in [0.4, 0.5) is 0 Å². The van der Waals surface area contributed by atoms with E-state index in [-0.39, 0.29) is 0 Å². The van der Waals surface area contributed by atoms with Crippen molar-refractivity contribution in [3.05, 3.63) is 29.3 Å². The first kappa shape index (κ1) is 13.4. The van der Waals surface area contributed by atoms with E-state index in [2.05, 4.69) is 32.0 Å². The molecule has 1 aromatic carbocycles. The van der Waals surface area contributed by atoms with Crippen LogP contribution in [0.3, 0.4) is 0 Å². The number of rotatable bonds is 4. The van der Waals surface area contributed by atoms with Gasteiger partial charge in [0.25, 0.3) is 0 Å². The zero-order valence-electron chi connectivity index (χ0n) is 11.6. The highest BCUT2D eigenvalue weighted by atomic mass is 16.5. The fraction of sp³-hybridized carbons (Fsp3) is 0.625. The van der Waals surface area contributed by atoms with Gasteiger partial charge >= 0.3 is 0 Å². The molecule has 0 aliphatic heterocycles. The highest BCUT2D eigenvalue weighted by Gasteiger charge is 2.21. The van der Waals surface area contributed by atoms with Gasteiger partial charge < -0.3 is 10.5 Å². The molecule has 18 heavy (non-hydrogen) atoms. The van der Waals surface area contributed by atoms with Crippen LogP contribution in [0, 0.1) is 12.8 Å². The molecule has 1 aliphatic rings. The Labute approximate surface area is 111 Å². The molecule has 0 heterocycles. The lowest BCUT2D eigenvalue weighted by Crippen LogP contribution is -2.24. The van der Waals surface area contributed by atoms with E-state index in [9.17, 15) is 0 Å². The van der Waals surface area contributed by atoms with E-state index in [1.807, 2.05) is 0 Å². The van der Waals surface area contributed by atoms with Crippen LogP contribution in [0.2, 0.25) is 0 Å². The van der Waals surface area contributed by atoms with E-state index >= 15 is 0 Å². The monoisotopic (exact) mass is 247 g/mol. The van der Waals surface area contributed by atoms with Crippen LogP contribution in [0.5, 0.6) is 5.75 Å². The van der Waals surface area contributed by atoms with Crippen LogP contribution in [-0.2, 0) is 6.54 Å². The zero-order valence-corrected chi connectivity index (χ0v) is 11.6. The van der Waals surface area contributed by atoms with Gasteiger partial charge in [0, 0.05) is 6.54 Å². The molecule has 1 fully saturated rings. The van der Waals surface area contributed by atoms with Crippen LogP contribution in [0.25, 0.3) is 0 Å². The Balaban J connectivity index is 1.97. The van der Waals surface area contributed by atoms with Gasteiger partial charge in [0.1, 0.15) is 5.75 Å². The second-order valence-corrected chi connectivity index (χ2v) is 5.47. The number of nitrogens with two attached hydrogens (primary N) is 1. The van der Waals surface area contributed by atoms with Gasteiger partial charge in [0.05, 0.1) is 6.10 Å². The van der Waals surface area contributed by atoms with Gasteiger partial charge in [-0.25, -0.2) is 0 Å². The standard InChI is InChI=1S/C16H25NO/c1-3-13-6-8-15(9-7-13)18-16-10-14(11-17)5-4-12(16)2/h4-5,10,13,15H,3,6-9,11,17H2,1-2H3. The molecule has 0 unspecified atom stereocenters. The van der Waals surface area contributed by atoms with Crippen molar-refractivity contribution in [2.24, 2.45) is 11.7 Å². The maximum atomic E-state index is 6.17. The van der Waals surface area contributed by atoms with Crippen LogP contribution in [0.1, 0.15) is 50.2 Å². The van der Waals surface area contributed by atoms with Gasteiger partial charge in [0.15, 0.2) is 0 Å². The van der Waals surface area contributed by atoms with Crippen LogP contribution < -0.4 is 10.5 Å². The number of hydrogen-bond acceptors (Lipinski definition) is 2. The summed E-state index contributed by atoms with van der Waals surface area (Å²) in [5, 5.41) is 0. The second kappa shape index (κ2) is 6.24. The van der Waals surface area contributed by atoms with E-state index in [1.165, 1.54) is 37.7 Å². The second-order valence-electron chi connectivity index (χ2n) is 5.47. The molecule has 1 aromatic rings. The van der Waals surface area contributed by atoms with E-state index in [0.29, 0.717) is 12.6 Å². The first-order valence-electron chi connectivity index (χ1n) is 7.19. The maximum absolute atomic E-state index is 6.17. The fourth-order valence-corrected chi connectivity index (χ4v) is 2.74. The molecular weight excluding hydrogens is 222 g/mol. The highest BCUT2D eigenvalue weighted by molar-refractivity contribution is 5.36. The molecule has 2 nitrogen and oxygen atoms in total. The Morgan fingerprint density at radius 3 is 2.56 bits per heavy atom. The summed E-state index contributed by atoms with van der Waals surface area (Å²) in [6, 6.07) is 6.28. The highest BCUT2D eigenvalue weighted by Crippen LogP contribution is 2.30. The molecule has 0 bridgehead atoms. The van der Waals surface area contributed by atoms with Crippen molar-refractivity contribution >= 4 is 0 Å². The lowest BCUT2D eigenvalue weighted by molar-refractivity contribution is 0.129. The fourth-order valence-electron chi connectivity index (χ4n) is 2.74. The van der Waals surface area contributed by atoms with Crippen molar-refractivity contribution in [3.8, 4) is 5.75 Å². The Morgan fingerprint density at radius 2 is 1.94 bits per heavy atom. The number of benzene rings is 1. The molecule has 2 rings (SSSR count). The summed E-state index contributed by atoms with van der Waals surface area (Å²) >= 11 is 0. The first-order chi connectivity index (χ1) is 8.72. The smallest absolute Gasteiger partial charge is 0.122 e. The average Bonchev–Trinajstić information content (AvgIpc) is 2.42. The maximum Gasteiger partial charge on any atom is 0.122 e. The van der Waals surface area contributed by atoms with Gasteiger partial charge in [-0.2, -0.15) is 0 Å². The molecule has 0 radical (unpaired) electrons. The molecule has 0 spiro atoms. The van der Waals surface area contributed by atoms with Crippen molar-refractivity contribution in [2.75, 3.05) is 0 Å². The van der Waals surface area contributed by atoms with E-state index in [4.69, 9.17) is 10.5 Å². The summed E-state index contributed by atoms with van der Waals surface area (Å²) in [4.78, 5) is 0. The van der Waals surface area contributed by atoms with Crippen molar-refractivity contribution < 1.29 is 4.74 Å². The van der Waals surface area contributed by atoms with Gasteiger partial charge in [-0.05, 0) is 55.7 Å². The predicted molar refractivity (Wildman–Crippen MR) is 75.7 cm³/mol. The molecule has 100 valence electrons. The third-order valence-corrected chi connectivity index (χ3v) is 4.15. The summed E-state index contributed by atoms with van der Waals surface area (Å²) < 4.78 is 6.17. The minimum absolute atomic E-state index is 0.402. The quantitative estimate of drug-likeness (QED) is 0.878. The molecule has 2 N–H and O–H groups in total. The Kier molecular flexibility index (Phi) is 4.65. The normalized spacial score (nSPS) is 23.9. The van der Waals surface area contributed by atoms with Gasteiger partial charge in [-0.3, -0.25) is 0 Å². The summed E-state index contributed by atoms with van der Waals surface area (Å²) in [6.45, 7) is 4.98. The molecule has 0 aromatic heterocycles. The molecule has 0 saturated heterocycles. The molecule has 1 saturated carbocycles. The summed E-state index contributed by atoms with van der Waals surface area (Å²) in [5.74, 6) is 1.94. The molecule has 0 amide bonds. The molecular formula is C16H25NO. The lowest BCUT2D eigenvalue weighted by atomic mass is 9.86. The summed E-state index contributed by atoms with van der Waals surface area (Å²) in [6.07, 6.45) is 6.75. The van der Waals surface area contributed by atoms with E-state index in [1.54, 1.807) is 0 Å². The van der Waals surface area contributed by atoms with Crippen LogP contribution in [0.15, 0.2) is 18.2 Å². The minimum Gasteiger partial charge on any atom is -0.490 e. The Hall–Kier alpha value is -1.02. The minimum atomic E-state index is 0.402. The van der Waals surface area contributed by atoms with Crippen LogP contribution >= 0.6 is 0 Å². The van der Waals surface area contributed by atoms with Crippen molar-refractivity contribution in [1.82, 2.24) is 0 Å². The largest absolute Gasteiger partial charge is 0.490 e. The molecule has 1 aliphatic carbocycles. The topological polar surface area (TPSA) is 35.2 Å². The lowest BCUT2D eigenvalue weighted by Gasteiger charge is -2.29. The zero-order chi connectivity index (χ0) is 13.0. The number of hydrogen-bond donors (Lipinski definition) is 1. The Morgan fingerprint density at radius 1 is 1.22 bits per heavy atom. The van der Waals surface area contributed by atoms with Crippen molar-refractivity contribution in [2.45, 2.75) is 58.6 Å². The average molecular weight is 247 g/mol. The summed E-state index contributed by atoms with van der Waals surface area (Å²) in [5.41, 5.74) is 8.05. The molecule has 2 heteroatoms. The predicted octanol–water partition coefficient (Wildman–Crippen LogP) is 3.80. The van der Waals surface area contributed by atoms with Crippen LogP contribution in [-0.4, -0.2) is 6.10 Å². The van der Waals surface area contributed by atoms with E-state index < -0.39 is 0 Å². The number of aryl methyl sites for hydroxylation is 1. The van der Waals surface area contributed by atoms with Gasteiger partial charge in [0.2, 0.25) is 0 Å². The van der Waals surface area contributed by atoms with Crippen molar-refractivity contribution in [1.29, 1.82) is 0 Å². The third-order valence-electron chi connectivity index (χ3n) is 4.15. The SMILES string of the molecule is CCC1CCC(Oc2cc(CN)ccc2C)CC1. The third kappa shape index (κ3) is 3.26. The van der Waals surface area contributed by atoms with Crippen molar-refractivity contribution in [3.63, 3.8) is 0 Å². The summed E-state index contributed by atoms with van der Waals surface area (Å²) in [7, 11) is 0. The Bertz CT molecular complexity index is 381.